The van der Waals surface area contributed by atoms with Gasteiger partial charge in [0.25, 0.3) is 0 Å². The van der Waals surface area contributed by atoms with Gasteiger partial charge in [0.1, 0.15) is 5.82 Å². The van der Waals surface area contributed by atoms with Crippen LogP contribution >= 0.6 is 0 Å². The summed E-state index contributed by atoms with van der Waals surface area (Å²) >= 11 is 0. The summed E-state index contributed by atoms with van der Waals surface area (Å²) in [6, 6.07) is 13.8. The van der Waals surface area contributed by atoms with Gasteiger partial charge >= 0.3 is 0 Å². The second-order valence-electron chi connectivity index (χ2n) is 8.11. The smallest absolute Gasteiger partial charge is 0.230 e. The summed E-state index contributed by atoms with van der Waals surface area (Å²) in [5.41, 5.74) is 2.40. The maximum Gasteiger partial charge on any atom is 0.230 e. The third kappa shape index (κ3) is 5.45. The molecule has 1 aliphatic heterocycles. The van der Waals surface area contributed by atoms with Crippen LogP contribution in [0.15, 0.2) is 48.5 Å². The third-order valence-corrected chi connectivity index (χ3v) is 5.59. The lowest BCUT2D eigenvalue weighted by molar-refractivity contribution is -0.121. The van der Waals surface area contributed by atoms with E-state index in [0.717, 1.165) is 49.1 Å². The molecule has 0 radical (unpaired) electrons. The Hall–Kier alpha value is -2.73. The van der Waals surface area contributed by atoms with Crippen LogP contribution in [0.5, 0.6) is 0 Å². The lowest BCUT2D eigenvalue weighted by atomic mass is 10.1. The molecule has 1 heterocycles. The van der Waals surface area contributed by atoms with Crippen LogP contribution in [0.3, 0.4) is 0 Å². The predicted octanol–water partition coefficient (Wildman–Crippen LogP) is 3.61. The van der Waals surface area contributed by atoms with Crippen molar-refractivity contribution in [3.8, 4) is 0 Å². The molecule has 2 aliphatic rings. The summed E-state index contributed by atoms with van der Waals surface area (Å²) in [6.45, 7) is 1.65. The van der Waals surface area contributed by atoms with Crippen molar-refractivity contribution in [2.75, 3.05) is 18.1 Å². The van der Waals surface area contributed by atoms with E-state index in [1.807, 2.05) is 30.3 Å². The Morgan fingerprint density at radius 3 is 2.53 bits per heavy atom. The summed E-state index contributed by atoms with van der Waals surface area (Å²) < 4.78 is 19.1. The van der Waals surface area contributed by atoms with Crippen LogP contribution in [0.2, 0.25) is 0 Å². The Morgan fingerprint density at radius 2 is 1.87 bits per heavy atom. The molecule has 0 bridgehead atoms. The summed E-state index contributed by atoms with van der Waals surface area (Å²) in [5.74, 6) is -0.220. The van der Waals surface area contributed by atoms with Crippen molar-refractivity contribution >= 4 is 17.5 Å². The van der Waals surface area contributed by atoms with Crippen molar-refractivity contribution in [1.29, 1.82) is 0 Å². The summed E-state index contributed by atoms with van der Waals surface area (Å²) in [7, 11) is 0. The molecule has 2 fully saturated rings. The number of carbonyl (C=O) groups is 2. The molecule has 1 unspecified atom stereocenters. The fourth-order valence-electron chi connectivity index (χ4n) is 3.74. The number of rotatable bonds is 8. The monoisotopic (exact) mass is 410 g/mol. The fourth-order valence-corrected chi connectivity index (χ4v) is 3.74. The number of ether oxygens (including phenoxy) is 1. The molecule has 158 valence electrons. The summed E-state index contributed by atoms with van der Waals surface area (Å²) in [4.78, 5) is 26.7. The van der Waals surface area contributed by atoms with Crippen LogP contribution in [-0.4, -0.2) is 31.1 Å². The van der Waals surface area contributed by atoms with Gasteiger partial charge in [0.15, 0.2) is 0 Å². The molecular weight excluding hydrogens is 383 g/mol. The molecule has 1 aliphatic carbocycles. The maximum absolute atomic E-state index is 13.6. The van der Waals surface area contributed by atoms with Crippen LogP contribution in [0.25, 0.3) is 0 Å². The minimum absolute atomic E-state index is 0.0380. The molecule has 2 aromatic carbocycles. The molecule has 4 rings (SSSR count). The molecule has 1 saturated carbocycles. The Morgan fingerprint density at radius 1 is 1.07 bits per heavy atom. The summed E-state index contributed by atoms with van der Waals surface area (Å²) in [5, 5.41) is 2.93. The van der Waals surface area contributed by atoms with Crippen molar-refractivity contribution in [3.05, 3.63) is 65.5 Å². The quantitative estimate of drug-likeness (QED) is 0.723. The third-order valence-electron chi connectivity index (χ3n) is 5.59. The van der Waals surface area contributed by atoms with Crippen LogP contribution in [0, 0.1) is 11.7 Å². The van der Waals surface area contributed by atoms with E-state index in [-0.39, 0.29) is 36.1 Å². The number of nitrogens with zero attached hydrogens (tertiary/aromatic N) is 1. The molecule has 1 saturated heterocycles. The average molecular weight is 410 g/mol. The highest BCUT2D eigenvalue weighted by molar-refractivity contribution is 5.96. The van der Waals surface area contributed by atoms with Gasteiger partial charge in [-0.25, -0.2) is 4.39 Å². The molecule has 6 heteroatoms. The zero-order valence-corrected chi connectivity index (χ0v) is 17.0. The topological polar surface area (TPSA) is 58.6 Å². The van der Waals surface area contributed by atoms with Crippen LogP contribution in [-0.2, 0) is 27.3 Å². The number of hydrogen-bond acceptors (Lipinski definition) is 3. The zero-order valence-electron chi connectivity index (χ0n) is 17.0. The van der Waals surface area contributed by atoms with Crippen LogP contribution in [0.1, 0.15) is 36.8 Å². The molecule has 2 aromatic rings. The number of halogens is 1. The highest BCUT2D eigenvalue weighted by Gasteiger charge is 2.34. The first-order chi connectivity index (χ1) is 14.6. The number of nitrogens with one attached hydrogen (secondary N) is 1. The maximum atomic E-state index is 13.6. The number of benzene rings is 2. The highest BCUT2D eigenvalue weighted by Crippen LogP contribution is 2.33. The second-order valence-corrected chi connectivity index (χ2v) is 8.11. The van der Waals surface area contributed by atoms with Gasteiger partial charge in [-0.3, -0.25) is 9.59 Å². The van der Waals surface area contributed by atoms with Gasteiger partial charge in [-0.1, -0.05) is 24.3 Å². The van der Waals surface area contributed by atoms with Gasteiger partial charge in [0.2, 0.25) is 11.8 Å². The normalized spacial score (nSPS) is 18.2. The van der Waals surface area contributed by atoms with E-state index in [1.54, 1.807) is 11.0 Å². The Kier molecular flexibility index (Phi) is 6.43. The first kappa shape index (κ1) is 20.5. The average Bonchev–Trinajstić information content (AvgIpc) is 3.46. The lowest BCUT2D eigenvalue weighted by Gasteiger charge is -2.23. The minimum Gasteiger partial charge on any atom is -0.376 e. The van der Waals surface area contributed by atoms with E-state index < -0.39 is 0 Å². The van der Waals surface area contributed by atoms with Gasteiger partial charge in [-0.15, -0.1) is 0 Å². The largest absolute Gasteiger partial charge is 0.376 e. The lowest BCUT2D eigenvalue weighted by Crippen LogP contribution is -2.33. The molecule has 0 spiro atoms. The molecular formula is C24H27FN2O3. The van der Waals surface area contributed by atoms with Gasteiger partial charge < -0.3 is 15.0 Å². The van der Waals surface area contributed by atoms with Crippen LogP contribution < -0.4 is 10.2 Å². The number of amides is 2. The van der Waals surface area contributed by atoms with Gasteiger partial charge in [-0.05, 0) is 61.1 Å². The van der Waals surface area contributed by atoms with E-state index in [2.05, 4.69) is 5.32 Å². The number of carbonyl (C=O) groups excluding carboxylic acids is 2. The van der Waals surface area contributed by atoms with Crippen molar-refractivity contribution in [1.82, 2.24) is 5.32 Å². The van der Waals surface area contributed by atoms with E-state index in [1.165, 1.54) is 12.1 Å². The Labute approximate surface area is 176 Å². The van der Waals surface area contributed by atoms with Gasteiger partial charge in [0.05, 0.1) is 19.1 Å². The first-order valence-electron chi connectivity index (χ1n) is 10.6. The molecule has 0 aromatic heterocycles. The van der Waals surface area contributed by atoms with E-state index in [4.69, 9.17) is 4.74 Å². The van der Waals surface area contributed by atoms with E-state index in [9.17, 15) is 14.0 Å². The minimum atomic E-state index is -0.310. The first-order valence-corrected chi connectivity index (χ1v) is 10.6. The second kappa shape index (κ2) is 9.39. The molecule has 1 N–H and O–H groups in total. The van der Waals surface area contributed by atoms with Crippen molar-refractivity contribution in [3.63, 3.8) is 0 Å². The van der Waals surface area contributed by atoms with Crippen molar-refractivity contribution in [2.24, 2.45) is 5.92 Å². The van der Waals surface area contributed by atoms with E-state index >= 15 is 0 Å². The fraction of sp³-hybridized carbons (Fsp3) is 0.417. The van der Waals surface area contributed by atoms with Crippen LogP contribution in [0.4, 0.5) is 10.1 Å². The predicted molar refractivity (Wildman–Crippen MR) is 112 cm³/mol. The molecule has 2 amide bonds. The number of anilines is 1. The molecule has 30 heavy (non-hydrogen) atoms. The Bertz CT molecular complexity index is 890. The summed E-state index contributed by atoms with van der Waals surface area (Å²) in [6.07, 6.45) is 4.26. The molecule has 1 atom stereocenters. The highest BCUT2D eigenvalue weighted by atomic mass is 19.1. The zero-order chi connectivity index (χ0) is 20.9. The Balaban J connectivity index is 1.40. The molecule has 5 nitrogen and oxygen atoms in total. The van der Waals surface area contributed by atoms with Gasteiger partial charge in [-0.2, -0.15) is 0 Å². The van der Waals surface area contributed by atoms with Crippen molar-refractivity contribution < 1.29 is 18.7 Å². The van der Waals surface area contributed by atoms with Crippen molar-refractivity contribution in [2.45, 2.75) is 44.8 Å². The SMILES string of the molecule is O=C(Cc1ccc(N(Cc2cccc(F)c2)C(=O)C2CC2)cc1)NCC1CCCO1. The standard InChI is InChI=1S/C24H27FN2O3/c25-20-4-1-3-18(13-20)16-27(24(29)19-8-9-19)21-10-6-17(7-11-21)14-23(28)26-15-22-5-2-12-30-22/h1,3-4,6-7,10-11,13,19,22H,2,5,8-9,12,14-16H2,(H,26,28). The van der Waals surface area contributed by atoms with Gasteiger partial charge in [0, 0.05) is 24.8 Å². The number of hydrogen-bond donors (Lipinski definition) is 1. The van der Waals surface area contributed by atoms with E-state index in [0.29, 0.717) is 13.1 Å².